The molecule has 8 rings (SSSR count). The van der Waals surface area contributed by atoms with Crippen molar-refractivity contribution >= 4 is 45.5 Å². The number of carbonyl (C=O) groups excluding carboxylic acids is 3. The van der Waals surface area contributed by atoms with Crippen molar-refractivity contribution in [2.75, 3.05) is 104 Å². The van der Waals surface area contributed by atoms with E-state index in [1.54, 1.807) is 13.4 Å². The molecule has 18 nitrogen and oxygen atoms in total. The van der Waals surface area contributed by atoms with Gasteiger partial charge in [0.15, 0.2) is 11.8 Å². The summed E-state index contributed by atoms with van der Waals surface area (Å²) in [4.78, 5) is 67.8. The Morgan fingerprint density at radius 3 is 2.30 bits per heavy atom. The van der Waals surface area contributed by atoms with Crippen LogP contribution in [0.5, 0.6) is 0 Å². The number of aryl methyl sites for hydroxylation is 2. The lowest BCUT2D eigenvalue weighted by molar-refractivity contribution is -0.139. The Bertz CT molecular complexity index is 2200. The summed E-state index contributed by atoms with van der Waals surface area (Å²) in [6.07, 6.45) is 12.0. The van der Waals surface area contributed by atoms with E-state index in [0.29, 0.717) is 81.8 Å². The number of amides is 2. The lowest BCUT2D eigenvalue weighted by Crippen LogP contribution is -2.53. The molecule has 4 fully saturated rings. The van der Waals surface area contributed by atoms with Crippen LogP contribution >= 0.6 is 0 Å². The molecule has 1 aromatic carbocycles. The fourth-order valence-electron chi connectivity index (χ4n) is 9.59. The number of H-pyrrole nitrogens is 1. The molecule has 3 N–H and O–H groups in total. The van der Waals surface area contributed by atoms with Gasteiger partial charge in [-0.15, -0.1) is 0 Å². The number of nitrogens with one attached hydrogen (secondary N) is 3. The summed E-state index contributed by atoms with van der Waals surface area (Å²) in [6.45, 7) is 8.27. The maximum Gasteiger partial charge on any atom is 0.329 e. The highest BCUT2D eigenvalue weighted by Crippen LogP contribution is 2.36. The summed E-state index contributed by atoms with van der Waals surface area (Å²) in [5.74, 6) is 0.748. The maximum absolute atomic E-state index is 13.0. The second-order valence-electron chi connectivity index (χ2n) is 17.1. The van der Waals surface area contributed by atoms with Crippen LogP contribution in [0.2, 0.25) is 0 Å². The first-order valence-electron chi connectivity index (χ1n) is 22.8. The van der Waals surface area contributed by atoms with E-state index in [2.05, 4.69) is 36.7 Å². The van der Waals surface area contributed by atoms with Gasteiger partial charge in [-0.2, -0.15) is 0 Å². The van der Waals surface area contributed by atoms with Crippen LogP contribution in [0.4, 0.5) is 5.82 Å². The van der Waals surface area contributed by atoms with Crippen LogP contribution in [0.25, 0.3) is 22.1 Å². The molecule has 3 aliphatic heterocycles. The molecular weight excluding hydrogens is 811 g/mol. The third-order valence-electron chi connectivity index (χ3n) is 13.1. The number of rotatable bonds is 20. The predicted octanol–water partition coefficient (Wildman–Crippen LogP) is 2.70. The van der Waals surface area contributed by atoms with Crippen LogP contribution in [-0.2, 0) is 51.5 Å². The molecule has 2 amide bonds. The number of aromatic nitrogens is 5. The molecule has 6 heterocycles. The Kier molecular flexibility index (Phi) is 15.5. The van der Waals surface area contributed by atoms with Gasteiger partial charge in [-0.1, -0.05) is 6.07 Å². The second kappa shape index (κ2) is 21.8. The van der Waals surface area contributed by atoms with Gasteiger partial charge in [-0.3, -0.25) is 28.4 Å². The molecule has 1 aliphatic carbocycles. The maximum atomic E-state index is 13.0. The molecule has 3 saturated heterocycles. The van der Waals surface area contributed by atoms with E-state index in [-0.39, 0.29) is 30.4 Å². The van der Waals surface area contributed by atoms with Crippen LogP contribution < -0.4 is 16.3 Å². The number of aromatic amines is 1. The molecule has 0 radical (unpaired) electrons. The molecule has 0 bridgehead atoms. The summed E-state index contributed by atoms with van der Waals surface area (Å²) in [6, 6.07) is 5.45. The Hall–Kier alpha value is -4.72. The fourth-order valence-corrected chi connectivity index (χ4v) is 9.59. The van der Waals surface area contributed by atoms with Gasteiger partial charge >= 0.3 is 5.69 Å². The first kappa shape index (κ1) is 44.9. The third-order valence-corrected chi connectivity index (χ3v) is 13.1. The summed E-state index contributed by atoms with van der Waals surface area (Å²) in [5, 5.41) is 7.60. The number of hydrogen-bond donors (Lipinski definition) is 3. The lowest BCUT2D eigenvalue weighted by Gasteiger charge is -2.42. The molecule has 18 heteroatoms. The molecule has 1 saturated carbocycles. The molecule has 4 aliphatic rings. The number of benzene rings is 1. The number of piperidine rings is 1. The highest BCUT2D eigenvalue weighted by molar-refractivity contribution is 6.06. The number of ether oxygens (including phenoxy) is 5. The minimum absolute atomic E-state index is 0.0277. The average molecular weight is 874 g/mol. The van der Waals surface area contributed by atoms with Crippen molar-refractivity contribution in [3.8, 4) is 0 Å². The van der Waals surface area contributed by atoms with Crippen LogP contribution in [0.1, 0.15) is 74.5 Å². The zero-order valence-corrected chi connectivity index (χ0v) is 36.5. The van der Waals surface area contributed by atoms with Crippen LogP contribution in [-0.4, -0.2) is 162 Å². The van der Waals surface area contributed by atoms with E-state index in [4.69, 9.17) is 23.7 Å². The van der Waals surface area contributed by atoms with Gasteiger partial charge in [0, 0.05) is 84.3 Å². The minimum atomic E-state index is -1.13. The van der Waals surface area contributed by atoms with E-state index >= 15 is 0 Å². The van der Waals surface area contributed by atoms with Crippen molar-refractivity contribution in [2.24, 2.45) is 7.05 Å². The summed E-state index contributed by atoms with van der Waals surface area (Å²) in [5.41, 5.74) is 4.10. The van der Waals surface area contributed by atoms with Crippen molar-refractivity contribution in [1.29, 1.82) is 0 Å². The number of anilines is 1. The Morgan fingerprint density at radius 1 is 0.857 bits per heavy atom. The van der Waals surface area contributed by atoms with Gasteiger partial charge in [0.2, 0.25) is 5.91 Å². The third kappa shape index (κ3) is 11.0. The number of ketones is 1. The number of hydrogen-bond acceptors (Lipinski definition) is 13. The van der Waals surface area contributed by atoms with E-state index < -0.39 is 11.9 Å². The fraction of sp³-hybridized carbons (Fsp3) is 0.644. The van der Waals surface area contributed by atoms with E-state index in [0.717, 1.165) is 113 Å². The van der Waals surface area contributed by atoms with Gasteiger partial charge in [-0.25, -0.2) is 14.8 Å². The minimum Gasteiger partial charge on any atom is -0.381 e. The monoisotopic (exact) mass is 873 g/mol. The SMILES string of the molecule is Cn1c(=O)n(C2C(=O)CCNC2=O)c2ccc(CCCOCCOCCOCCOCC(=O)N3CCN(C4CCC(Nc5ncnc6[nH]cc(C7CCOCC7)c56)CC4)CC3)cc21. The topological polar surface area (TPSA) is 196 Å². The molecule has 4 aromatic rings. The van der Waals surface area contributed by atoms with Gasteiger partial charge in [0.1, 0.15) is 24.4 Å². The largest absolute Gasteiger partial charge is 0.381 e. The number of imidazole rings is 1. The Morgan fingerprint density at radius 2 is 1.57 bits per heavy atom. The van der Waals surface area contributed by atoms with E-state index in [1.165, 1.54) is 14.7 Å². The highest BCUT2D eigenvalue weighted by Gasteiger charge is 2.35. The van der Waals surface area contributed by atoms with Crippen molar-refractivity contribution in [3.05, 3.63) is 52.3 Å². The van der Waals surface area contributed by atoms with Crippen LogP contribution in [0.15, 0.2) is 35.5 Å². The van der Waals surface area contributed by atoms with Gasteiger partial charge < -0.3 is 44.2 Å². The van der Waals surface area contributed by atoms with Crippen LogP contribution in [0, 0.1) is 0 Å². The molecule has 1 atom stereocenters. The first-order chi connectivity index (χ1) is 30.9. The molecule has 1 unspecified atom stereocenters. The number of nitrogens with zero attached hydrogens (tertiary/aromatic N) is 6. The Labute approximate surface area is 367 Å². The van der Waals surface area contributed by atoms with E-state index in [9.17, 15) is 19.2 Å². The number of piperazine rings is 1. The standard InChI is InChI=1S/C45H63N9O9/c1-51-37-27-31(4-9-36(37)54(45(51)58)41-38(55)10-13-46-44(41)57)3-2-18-59-21-22-61-23-24-62-25-26-63-29-39(56)53-16-14-52(15-17-53)34-7-5-33(6-8-34)50-43-40-35(32-11-19-60-20-12-32)28-47-42(40)48-30-49-43/h4,9,27-28,30,32-34,41H,2-3,5-8,10-26,29H2,1H3,(H,46,57)(H2,47,48,49,50). The summed E-state index contributed by atoms with van der Waals surface area (Å²) >= 11 is 0. The highest BCUT2D eigenvalue weighted by atomic mass is 16.6. The zero-order valence-electron chi connectivity index (χ0n) is 36.5. The van der Waals surface area contributed by atoms with Gasteiger partial charge in [-0.05, 0) is 80.5 Å². The van der Waals surface area contributed by atoms with Crippen molar-refractivity contribution < 1.29 is 38.1 Å². The van der Waals surface area contributed by atoms with Crippen molar-refractivity contribution in [1.82, 2.24) is 39.2 Å². The average Bonchev–Trinajstić information content (AvgIpc) is 3.85. The molecule has 342 valence electrons. The first-order valence-corrected chi connectivity index (χ1v) is 22.8. The molecule has 63 heavy (non-hydrogen) atoms. The molecule has 0 spiro atoms. The summed E-state index contributed by atoms with van der Waals surface area (Å²) < 4.78 is 31.0. The Balaban J connectivity index is 0.629. The lowest BCUT2D eigenvalue weighted by atomic mass is 9.89. The quantitative estimate of drug-likeness (QED) is 0.0868. The van der Waals surface area contributed by atoms with Crippen LogP contribution in [0.3, 0.4) is 0 Å². The van der Waals surface area contributed by atoms with Crippen molar-refractivity contribution in [2.45, 2.75) is 81.8 Å². The number of carbonyl (C=O) groups is 3. The van der Waals surface area contributed by atoms with Gasteiger partial charge in [0.05, 0.1) is 56.1 Å². The predicted molar refractivity (Wildman–Crippen MR) is 235 cm³/mol. The molecule has 3 aromatic heterocycles. The molecular formula is C45H63N9O9. The normalized spacial score (nSPS) is 21.7. The number of fused-ring (bicyclic) bond motifs is 2. The van der Waals surface area contributed by atoms with E-state index in [1.807, 2.05) is 23.1 Å². The zero-order chi connectivity index (χ0) is 43.5. The number of Topliss-reactive ketones (excluding diaryl/α,β-unsaturated/α-hetero) is 1. The smallest absolute Gasteiger partial charge is 0.329 e. The summed E-state index contributed by atoms with van der Waals surface area (Å²) in [7, 11) is 1.65. The van der Waals surface area contributed by atoms with Gasteiger partial charge in [0.25, 0.3) is 5.91 Å². The van der Waals surface area contributed by atoms with Crippen molar-refractivity contribution in [3.63, 3.8) is 0 Å². The second-order valence-corrected chi connectivity index (χ2v) is 17.1.